The molecule has 2 aromatic rings. The van der Waals surface area contributed by atoms with Crippen LogP contribution in [0.25, 0.3) is 0 Å². The van der Waals surface area contributed by atoms with Gasteiger partial charge in [0, 0.05) is 25.3 Å². The second-order valence-electron chi connectivity index (χ2n) is 7.68. The Hall–Kier alpha value is -2.20. The van der Waals surface area contributed by atoms with Crippen molar-refractivity contribution in [1.82, 2.24) is 14.8 Å². The number of pyridine rings is 1. The Morgan fingerprint density at radius 2 is 2.04 bits per heavy atom. The lowest BCUT2D eigenvalue weighted by atomic mass is 9.93. The number of nitrogens with zero attached hydrogens (tertiary/aromatic N) is 3. The number of hydrogen-bond acceptors (Lipinski definition) is 3. The highest BCUT2D eigenvalue weighted by Gasteiger charge is 2.47. The number of benzene rings is 1. The van der Waals surface area contributed by atoms with E-state index in [1.165, 1.54) is 12.0 Å². The Bertz CT molecular complexity index is 776. The lowest BCUT2D eigenvalue weighted by Gasteiger charge is -2.26. The quantitative estimate of drug-likeness (QED) is 0.847. The SMILES string of the molecule is Cc1cccnc1CN(C)C(=O)[C@H]1C[C@@H](c2ccccc2)N2CCC[C@H]12. The molecular formula is C22H27N3O. The van der Waals surface area contributed by atoms with Crippen LogP contribution in [-0.2, 0) is 11.3 Å². The predicted octanol–water partition coefficient (Wildman–Crippen LogP) is 3.57. The van der Waals surface area contributed by atoms with Crippen LogP contribution < -0.4 is 0 Å². The number of aromatic nitrogens is 1. The van der Waals surface area contributed by atoms with Crippen molar-refractivity contribution >= 4 is 5.91 Å². The summed E-state index contributed by atoms with van der Waals surface area (Å²) in [5, 5.41) is 0. The Labute approximate surface area is 155 Å². The summed E-state index contributed by atoms with van der Waals surface area (Å²) in [7, 11) is 1.92. The first-order valence-electron chi connectivity index (χ1n) is 9.61. The van der Waals surface area contributed by atoms with Gasteiger partial charge in [-0.15, -0.1) is 0 Å². The summed E-state index contributed by atoms with van der Waals surface area (Å²) in [5.74, 6) is 0.363. The van der Waals surface area contributed by atoms with Crippen molar-refractivity contribution in [3.8, 4) is 0 Å². The van der Waals surface area contributed by atoms with Crippen LogP contribution in [-0.4, -0.2) is 40.3 Å². The number of amides is 1. The Balaban J connectivity index is 1.51. The van der Waals surface area contributed by atoms with E-state index in [1.807, 2.05) is 18.0 Å². The summed E-state index contributed by atoms with van der Waals surface area (Å²) in [6.45, 7) is 3.75. The Morgan fingerprint density at radius 1 is 1.23 bits per heavy atom. The second-order valence-corrected chi connectivity index (χ2v) is 7.68. The molecule has 0 N–H and O–H groups in total. The molecule has 0 spiro atoms. The predicted molar refractivity (Wildman–Crippen MR) is 102 cm³/mol. The molecule has 1 aromatic carbocycles. The molecule has 0 bridgehead atoms. The summed E-state index contributed by atoms with van der Waals surface area (Å²) in [6, 6.07) is 15.4. The maximum Gasteiger partial charge on any atom is 0.227 e. The highest BCUT2D eigenvalue weighted by Crippen LogP contribution is 2.45. The number of hydrogen-bond donors (Lipinski definition) is 0. The minimum Gasteiger partial charge on any atom is -0.340 e. The molecule has 26 heavy (non-hydrogen) atoms. The molecule has 2 aliphatic heterocycles. The van der Waals surface area contributed by atoms with Crippen LogP contribution in [0.5, 0.6) is 0 Å². The summed E-state index contributed by atoms with van der Waals surface area (Å²) in [6.07, 6.45) is 5.07. The Morgan fingerprint density at radius 3 is 2.81 bits per heavy atom. The first kappa shape index (κ1) is 17.2. The van der Waals surface area contributed by atoms with Crippen molar-refractivity contribution < 1.29 is 4.79 Å². The lowest BCUT2D eigenvalue weighted by molar-refractivity contribution is -0.135. The minimum absolute atomic E-state index is 0.0942. The van der Waals surface area contributed by atoms with Gasteiger partial charge < -0.3 is 4.90 Å². The standard InChI is InChI=1S/C22H27N3O/c1-16-8-6-12-23-19(16)15-24(2)22(26)18-14-21(17-9-4-3-5-10-17)25-13-7-11-20(18)25/h3-6,8-10,12,18,20-21H,7,11,13-15H2,1-2H3/t18-,20+,21-/m0/s1. The molecule has 0 saturated carbocycles. The zero-order chi connectivity index (χ0) is 18.1. The molecule has 2 saturated heterocycles. The third-order valence-corrected chi connectivity index (χ3v) is 6.07. The number of fused-ring (bicyclic) bond motifs is 1. The number of carbonyl (C=O) groups excluding carboxylic acids is 1. The van der Waals surface area contributed by atoms with Crippen LogP contribution in [0.3, 0.4) is 0 Å². The summed E-state index contributed by atoms with van der Waals surface area (Å²) < 4.78 is 0. The molecule has 4 rings (SSSR count). The van der Waals surface area contributed by atoms with E-state index in [4.69, 9.17) is 0 Å². The first-order chi connectivity index (χ1) is 12.6. The molecule has 0 unspecified atom stereocenters. The first-order valence-corrected chi connectivity index (χ1v) is 9.61. The van der Waals surface area contributed by atoms with Gasteiger partial charge in [-0.3, -0.25) is 14.7 Å². The molecule has 3 heterocycles. The van der Waals surface area contributed by atoms with Crippen molar-refractivity contribution in [3.05, 3.63) is 65.5 Å². The molecule has 0 aliphatic carbocycles. The average Bonchev–Trinajstić information content (AvgIpc) is 3.26. The van der Waals surface area contributed by atoms with Crippen LogP contribution >= 0.6 is 0 Å². The fourth-order valence-electron chi connectivity index (χ4n) is 4.70. The van der Waals surface area contributed by atoms with Crippen molar-refractivity contribution in [1.29, 1.82) is 0 Å². The van der Waals surface area contributed by atoms with E-state index in [0.717, 1.165) is 30.6 Å². The molecule has 2 fully saturated rings. The fraction of sp³-hybridized carbons (Fsp3) is 0.455. The van der Waals surface area contributed by atoms with Gasteiger partial charge in [-0.2, -0.15) is 0 Å². The second kappa shape index (κ2) is 7.20. The van der Waals surface area contributed by atoms with Gasteiger partial charge in [-0.1, -0.05) is 36.4 Å². The lowest BCUT2D eigenvalue weighted by Crippen LogP contribution is -2.38. The highest BCUT2D eigenvalue weighted by molar-refractivity contribution is 5.80. The molecule has 1 aromatic heterocycles. The van der Waals surface area contributed by atoms with Gasteiger partial charge in [-0.25, -0.2) is 0 Å². The van der Waals surface area contributed by atoms with Crippen LogP contribution in [0.4, 0.5) is 0 Å². The maximum atomic E-state index is 13.3. The topological polar surface area (TPSA) is 36.4 Å². The van der Waals surface area contributed by atoms with Crippen molar-refractivity contribution in [2.75, 3.05) is 13.6 Å². The van der Waals surface area contributed by atoms with Crippen molar-refractivity contribution in [3.63, 3.8) is 0 Å². The summed E-state index contributed by atoms with van der Waals surface area (Å²) >= 11 is 0. The van der Waals surface area contributed by atoms with E-state index < -0.39 is 0 Å². The zero-order valence-corrected chi connectivity index (χ0v) is 15.6. The van der Waals surface area contributed by atoms with E-state index in [1.54, 1.807) is 6.20 Å². The van der Waals surface area contributed by atoms with E-state index in [-0.39, 0.29) is 11.8 Å². The van der Waals surface area contributed by atoms with E-state index in [0.29, 0.717) is 18.6 Å². The molecule has 136 valence electrons. The largest absolute Gasteiger partial charge is 0.340 e. The molecular weight excluding hydrogens is 322 g/mol. The monoisotopic (exact) mass is 349 g/mol. The number of rotatable bonds is 4. The fourth-order valence-corrected chi connectivity index (χ4v) is 4.70. The average molecular weight is 349 g/mol. The molecule has 3 atom stereocenters. The van der Waals surface area contributed by atoms with E-state index in [9.17, 15) is 4.79 Å². The third kappa shape index (κ3) is 3.14. The smallest absolute Gasteiger partial charge is 0.227 e. The minimum atomic E-state index is 0.0942. The normalized spacial score (nSPS) is 25.2. The summed E-state index contributed by atoms with van der Waals surface area (Å²) in [5.41, 5.74) is 3.48. The van der Waals surface area contributed by atoms with Crippen LogP contribution in [0.15, 0.2) is 48.7 Å². The van der Waals surface area contributed by atoms with Gasteiger partial charge in [-0.05, 0) is 49.9 Å². The van der Waals surface area contributed by atoms with Crippen molar-refractivity contribution in [2.24, 2.45) is 5.92 Å². The number of aryl methyl sites for hydroxylation is 1. The third-order valence-electron chi connectivity index (χ3n) is 6.07. The van der Waals surface area contributed by atoms with Crippen LogP contribution in [0.2, 0.25) is 0 Å². The molecule has 1 amide bonds. The highest BCUT2D eigenvalue weighted by atomic mass is 16.2. The van der Waals surface area contributed by atoms with Crippen molar-refractivity contribution in [2.45, 2.75) is 44.8 Å². The molecule has 0 radical (unpaired) electrons. The maximum absolute atomic E-state index is 13.3. The molecule has 2 aliphatic rings. The van der Waals surface area contributed by atoms with Gasteiger partial charge in [0.15, 0.2) is 0 Å². The van der Waals surface area contributed by atoms with Crippen LogP contribution in [0, 0.1) is 12.8 Å². The van der Waals surface area contributed by atoms with E-state index >= 15 is 0 Å². The van der Waals surface area contributed by atoms with Gasteiger partial charge in [0.2, 0.25) is 5.91 Å². The molecule has 4 heteroatoms. The zero-order valence-electron chi connectivity index (χ0n) is 15.6. The van der Waals surface area contributed by atoms with Gasteiger partial charge in [0.05, 0.1) is 18.2 Å². The van der Waals surface area contributed by atoms with Gasteiger partial charge in [0.1, 0.15) is 0 Å². The number of carbonyl (C=O) groups is 1. The summed E-state index contributed by atoms with van der Waals surface area (Å²) in [4.78, 5) is 22.1. The van der Waals surface area contributed by atoms with Gasteiger partial charge in [0.25, 0.3) is 0 Å². The van der Waals surface area contributed by atoms with Gasteiger partial charge >= 0.3 is 0 Å². The Kier molecular flexibility index (Phi) is 4.77. The van der Waals surface area contributed by atoms with E-state index in [2.05, 4.69) is 53.2 Å². The molecule has 4 nitrogen and oxygen atoms in total. The van der Waals surface area contributed by atoms with Crippen LogP contribution in [0.1, 0.15) is 42.1 Å².